The molecule has 1 aromatic carbocycles. The van der Waals surface area contributed by atoms with Crippen LogP contribution in [0.15, 0.2) is 35.4 Å². The highest BCUT2D eigenvalue weighted by Crippen LogP contribution is 2.30. The van der Waals surface area contributed by atoms with Crippen LogP contribution in [0.5, 0.6) is 0 Å². The average molecular weight is 390 g/mol. The third kappa shape index (κ3) is 4.19. The summed E-state index contributed by atoms with van der Waals surface area (Å²) in [7, 11) is -3.71. The van der Waals surface area contributed by atoms with E-state index in [1.54, 1.807) is 45.0 Å². The summed E-state index contributed by atoms with van der Waals surface area (Å²) < 4.78 is 32.2. The lowest BCUT2D eigenvalue weighted by Gasteiger charge is -2.20. The van der Waals surface area contributed by atoms with Crippen molar-refractivity contribution in [1.29, 1.82) is 0 Å². The van der Waals surface area contributed by atoms with Crippen molar-refractivity contribution in [3.63, 3.8) is 0 Å². The summed E-state index contributed by atoms with van der Waals surface area (Å²) in [6, 6.07) is 6.66. The topological polar surface area (TPSA) is 101 Å². The third-order valence-corrected chi connectivity index (χ3v) is 5.65. The molecule has 1 aliphatic rings. The van der Waals surface area contributed by atoms with Crippen molar-refractivity contribution in [3.05, 3.63) is 41.7 Å². The number of carbonyl (C=O) groups excluding carboxylic acids is 1. The van der Waals surface area contributed by atoms with E-state index in [9.17, 15) is 13.2 Å². The third-order valence-electron chi connectivity index (χ3n) is 3.85. The zero-order chi connectivity index (χ0) is 19.8. The Morgan fingerprint density at radius 3 is 2.52 bits per heavy atom. The minimum Gasteiger partial charge on any atom is -0.444 e. The fraction of sp³-hybridized carbons (Fsp3) is 0.389. The van der Waals surface area contributed by atoms with Crippen LogP contribution in [-0.2, 0) is 21.2 Å². The molecule has 0 radical (unpaired) electrons. The summed E-state index contributed by atoms with van der Waals surface area (Å²) >= 11 is 0. The fourth-order valence-corrected chi connectivity index (χ4v) is 4.10. The Labute approximate surface area is 158 Å². The number of ether oxygens (including phenoxy) is 1. The lowest BCUT2D eigenvalue weighted by atomic mass is 10.2. The summed E-state index contributed by atoms with van der Waals surface area (Å²) in [4.78, 5) is 20.6. The van der Waals surface area contributed by atoms with Crippen molar-refractivity contribution >= 4 is 27.8 Å². The summed E-state index contributed by atoms with van der Waals surface area (Å²) in [5, 5.41) is 2.52. The van der Waals surface area contributed by atoms with Crippen LogP contribution in [0.4, 0.5) is 16.4 Å². The van der Waals surface area contributed by atoms with Gasteiger partial charge in [0, 0.05) is 13.0 Å². The van der Waals surface area contributed by atoms with E-state index in [0.29, 0.717) is 12.1 Å². The molecule has 2 heterocycles. The van der Waals surface area contributed by atoms with Crippen molar-refractivity contribution < 1.29 is 17.9 Å². The molecule has 1 aliphatic heterocycles. The van der Waals surface area contributed by atoms with E-state index in [2.05, 4.69) is 15.3 Å². The number of rotatable bonds is 3. The number of hydrogen-bond donors (Lipinski definition) is 1. The minimum atomic E-state index is -3.71. The summed E-state index contributed by atoms with van der Waals surface area (Å²) in [6.07, 6.45) is 1.10. The first-order chi connectivity index (χ1) is 12.6. The van der Waals surface area contributed by atoms with E-state index in [1.165, 1.54) is 10.5 Å². The van der Waals surface area contributed by atoms with Gasteiger partial charge in [0.15, 0.2) is 11.6 Å². The van der Waals surface area contributed by atoms with Gasteiger partial charge in [-0.15, -0.1) is 0 Å². The molecule has 0 saturated carbocycles. The molecule has 0 unspecified atom stereocenters. The second-order valence-corrected chi connectivity index (χ2v) is 9.15. The van der Waals surface area contributed by atoms with E-state index in [0.717, 1.165) is 5.56 Å². The van der Waals surface area contributed by atoms with Crippen LogP contribution >= 0.6 is 0 Å². The van der Waals surface area contributed by atoms with E-state index in [-0.39, 0.29) is 23.1 Å². The van der Waals surface area contributed by atoms with Gasteiger partial charge < -0.3 is 4.74 Å². The highest BCUT2D eigenvalue weighted by molar-refractivity contribution is 7.92. The Kier molecular flexibility index (Phi) is 4.81. The van der Waals surface area contributed by atoms with Crippen LogP contribution in [0.25, 0.3) is 0 Å². The van der Waals surface area contributed by atoms with Crippen molar-refractivity contribution in [1.82, 2.24) is 9.97 Å². The van der Waals surface area contributed by atoms with Gasteiger partial charge in [0.05, 0.1) is 16.8 Å². The molecule has 144 valence electrons. The average Bonchev–Trinajstić information content (AvgIpc) is 2.97. The van der Waals surface area contributed by atoms with E-state index >= 15 is 0 Å². The lowest BCUT2D eigenvalue weighted by molar-refractivity contribution is 0.0635. The Morgan fingerprint density at radius 1 is 1.22 bits per heavy atom. The maximum atomic E-state index is 12.9. The number of aromatic nitrogens is 2. The normalized spacial score (nSPS) is 14.0. The van der Waals surface area contributed by atoms with Gasteiger partial charge in [0.2, 0.25) is 0 Å². The summed E-state index contributed by atoms with van der Waals surface area (Å²) in [6.45, 7) is 7.42. The monoisotopic (exact) mass is 390 g/mol. The number of nitrogens with zero attached hydrogens (tertiary/aromatic N) is 3. The molecule has 9 heteroatoms. The van der Waals surface area contributed by atoms with Gasteiger partial charge in [-0.3, -0.25) is 5.32 Å². The van der Waals surface area contributed by atoms with Crippen LogP contribution in [0.3, 0.4) is 0 Å². The first kappa shape index (κ1) is 19.1. The number of nitrogens with one attached hydrogen (secondary N) is 1. The predicted molar refractivity (Wildman–Crippen MR) is 101 cm³/mol. The molecule has 0 bridgehead atoms. The highest BCUT2D eigenvalue weighted by Gasteiger charge is 2.33. The van der Waals surface area contributed by atoms with Crippen molar-refractivity contribution in [3.8, 4) is 0 Å². The van der Waals surface area contributed by atoms with Crippen molar-refractivity contribution in [2.75, 3.05) is 16.2 Å². The molecule has 3 rings (SSSR count). The van der Waals surface area contributed by atoms with Gasteiger partial charge in [-0.25, -0.2) is 27.5 Å². The van der Waals surface area contributed by atoms with Gasteiger partial charge in [-0.2, -0.15) is 0 Å². The Hall–Kier alpha value is -2.68. The predicted octanol–water partition coefficient (Wildman–Crippen LogP) is 2.88. The van der Waals surface area contributed by atoms with Gasteiger partial charge in [0.1, 0.15) is 5.60 Å². The molecule has 1 amide bonds. The van der Waals surface area contributed by atoms with Crippen LogP contribution < -0.4 is 9.62 Å². The number of benzene rings is 1. The van der Waals surface area contributed by atoms with Gasteiger partial charge in [0.25, 0.3) is 10.0 Å². The van der Waals surface area contributed by atoms with E-state index in [4.69, 9.17) is 4.74 Å². The molecule has 8 nitrogen and oxygen atoms in total. The quantitative estimate of drug-likeness (QED) is 0.865. The number of carbonyl (C=O) groups is 1. The van der Waals surface area contributed by atoms with Crippen LogP contribution in [0.1, 0.15) is 32.0 Å². The maximum absolute atomic E-state index is 12.9. The SMILES string of the molecule is Cc1ccc(S(=O)(=O)N2CCc3nc(NC(=O)OC(C)(C)C)cnc32)cc1. The molecule has 0 atom stereocenters. The van der Waals surface area contributed by atoms with Crippen LogP contribution in [0.2, 0.25) is 0 Å². The van der Waals surface area contributed by atoms with Crippen LogP contribution in [-0.4, -0.2) is 36.6 Å². The number of hydrogen-bond acceptors (Lipinski definition) is 6. The first-order valence-electron chi connectivity index (χ1n) is 8.51. The molecule has 2 aromatic rings. The molecule has 0 saturated heterocycles. The van der Waals surface area contributed by atoms with Crippen molar-refractivity contribution in [2.24, 2.45) is 0 Å². The molecule has 0 aliphatic carbocycles. The zero-order valence-corrected chi connectivity index (χ0v) is 16.5. The molecule has 0 fully saturated rings. The van der Waals surface area contributed by atoms with Gasteiger partial charge >= 0.3 is 6.09 Å². The number of aryl methyl sites for hydroxylation is 1. The highest BCUT2D eigenvalue weighted by atomic mass is 32.2. The lowest BCUT2D eigenvalue weighted by Crippen LogP contribution is -2.30. The van der Waals surface area contributed by atoms with Crippen LogP contribution in [0, 0.1) is 6.92 Å². The Bertz CT molecular complexity index is 966. The Morgan fingerprint density at radius 2 is 1.89 bits per heavy atom. The molecule has 0 spiro atoms. The molecule has 27 heavy (non-hydrogen) atoms. The summed E-state index contributed by atoms with van der Waals surface area (Å²) in [5.74, 6) is 0.503. The largest absolute Gasteiger partial charge is 0.444 e. The number of fused-ring (bicyclic) bond motifs is 1. The van der Waals surface area contributed by atoms with Gasteiger partial charge in [-0.05, 0) is 39.8 Å². The van der Waals surface area contributed by atoms with E-state index < -0.39 is 21.7 Å². The number of amides is 1. The molecule has 1 aromatic heterocycles. The van der Waals surface area contributed by atoms with E-state index in [1.807, 2.05) is 6.92 Å². The maximum Gasteiger partial charge on any atom is 0.413 e. The zero-order valence-electron chi connectivity index (χ0n) is 15.7. The molecular formula is C18H22N4O4S. The second-order valence-electron chi connectivity index (χ2n) is 7.29. The minimum absolute atomic E-state index is 0.207. The molecule has 1 N–H and O–H groups in total. The first-order valence-corrected chi connectivity index (χ1v) is 9.95. The fourth-order valence-electron chi connectivity index (χ4n) is 2.65. The number of anilines is 2. The standard InChI is InChI=1S/C18H22N4O4S/c1-12-5-7-13(8-6-12)27(24,25)22-10-9-14-16(22)19-11-15(20-14)21-17(23)26-18(2,3)4/h5-8,11H,9-10H2,1-4H3,(H,20,21,23). The Balaban J connectivity index is 1.82. The summed E-state index contributed by atoms with van der Waals surface area (Å²) in [5.41, 5.74) is 0.861. The number of sulfonamides is 1. The molecular weight excluding hydrogens is 368 g/mol. The second kappa shape index (κ2) is 6.80. The van der Waals surface area contributed by atoms with Crippen molar-refractivity contribution in [2.45, 2.75) is 44.6 Å². The smallest absolute Gasteiger partial charge is 0.413 e. The van der Waals surface area contributed by atoms with Gasteiger partial charge in [-0.1, -0.05) is 17.7 Å².